The van der Waals surface area contributed by atoms with E-state index in [0.29, 0.717) is 28.8 Å². The Hall–Kier alpha value is -3.61. The van der Waals surface area contributed by atoms with Gasteiger partial charge < -0.3 is 14.6 Å². The molecule has 0 saturated carbocycles. The number of carbonyl (C=O) groups is 2. The molecule has 3 rings (SSSR count). The van der Waals surface area contributed by atoms with Gasteiger partial charge in [-0.1, -0.05) is 35.5 Å². The molecule has 1 heterocycles. The summed E-state index contributed by atoms with van der Waals surface area (Å²) >= 11 is 0. The molecule has 0 spiro atoms. The maximum Gasteiger partial charge on any atom is 0.244 e. The molecule has 0 aliphatic rings. The van der Waals surface area contributed by atoms with Gasteiger partial charge in [0.05, 0.1) is 5.69 Å². The average Bonchev–Trinajstić information content (AvgIpc) is 3.08. The van der Waals surface area contributed by atoms with Crippen molar-refractivity contribution in [1.82, 2.24) is 5.16 Å². The molecule has 1 N–H and O–H groups in total. The van der Waals surface area contributed by atoms with Crippen LogP contribution in [0.1, 0.15) is 12.7 Å². The number of rotatable bonds is 6. The number of anilines is 2. The van der Waals surface area contributed by atoms with Crippen LogP contribution in [0.5, 0.6) is 11.5 Å². The molecule has 7 nitrogen and oxygen atoms in total. The monoisotopic (exact) mass is 365 g/mol. The number of amides is 2. The Bertz CT molecular complexity index is 937. The lowest BCUT2D eigenvalue weighted by Gasteiger charge is -2.18. The predicted molar refractivity (Wildman–Crippen MR) is 101 cm³/mol. The zero-order chi connectivity index (χ0) is 19.2. The van der Waals surface area contributed by atoms with E-state index < -0.39 is 0 Å². The molecular formula is C20H19N3O4. The molecule has 0 aliphatic heterocycles. The second kappa shape index (κ2) is 8.18. The van der Waals surface area contributed by atoms with Crippen LogP contribution >= 0.6 is 0 Å². The van der Waals surface area contributed by atoms with Gasteiger partial charge in [0.15, 0.2) is 11.6 Å². The highest BCUT2D eigenvalue weighted by Crippen LogP contribution is 2.29. The highest BCUT2D eigenvalue weighted by molar-refractivity contribution is 6.01. The lowest BCUT2D eigenvalue weighted by Crippen LogP contribution is -2.36. The van der Waals surface area contributed by atoms with Crippen molar-refractivity contribution in [3.63, 3.8) is 0 Å². The summed E-state index contributed by atoms with van der Waals surface area (Å²) in [5.74, 6) is 1.32. The Kier molecular flexibility index (Phi) is 5.51. The van der Waals surface area contributed by atoms with Gasteiger partial charge in [-0.05, 0) is 31.2 Å². The number of aromatic nitrogens is 1. The fourth-order valence-corrected chi connectivity index (χ4v) is 2.44. The third-order valence-corrected chi connectivity index (χ3v) is 3.71. The lowest BCUT2D eigenvalue weighted by atomic mass is 10.2. The number of ether oxygens (including phenoxy) is 1. The van der Waals surface area contributed by atoms with Crippen LogP contribution < -0.4 is 15.0 Å². The van der Waals surface area contributed by atoms with Crippen molar-refractivity contribution in [3.8, 4) is 11.5 Å². The summed E-state index contributed by atoms with van der Waals surface area (Å²) < 4.78 is 10.8. The maximum atomic E-state index is 12.5. The molecule has 7 heteroatoms. The Morgan fingerprint density at radius 3 is 2.48 bits per heavy atom. The second-order valence-electron chi connectivity index (χ2n) is 5.86. The Morgan fingerprint density at radius 1 is 1.11 bits per heavy atom. The molecule has 138 valence electrons. The Labute approximate surface area is 156 Å². The van der Waals surface area contributed by atoms with Gasteiger partial charge >= 0.3 is 0 Å². The minimum Gasteiger partial charge on any atom is -0.455 e. The third-order valence-electron chi connectivity index (χ3n) is 3.71. The molecule has 27 heavy (non-hydrogen) atoms. The van der Waals surface area contributed by atoms with Crippen molar-refractivity contribution in [1.29, 1.82) is 0 Å². The van der Waals surface area contributed by atoms with Crippen molar-refractivity contribution in [2.75, 3.05) is 16.8 Å². The van der Waals surface area contributed by atoms with E-state index in [4.69, 9.17) is 9.26 Å². The number of nitrogens with zero attached hydrogens (tertiary/aromatic N) is 2. The van der Waals surface area contributed by atoms with Gasteiger partial charge in [0.1, 0.15) is 18.1 Å². The first kappa shape index (κ1) is 18.2. The summed E-state index contributed by atoms with van der Waals surface area (Å²) in [6.07, 6.45) is 0. The number of hydrogen-bond acceptors (Lipinski definition) is 5. The quantitative estimate of drug-likeness (QED) is 0.719. The third kappa shape index (κ3) is 4.72. The summed E-state index contributed by atoms with van der Waals surface area (Å²) in [6.45, 7) is 2.89. The summed E-state index contributed by atoms with van der Waals surface area (Å²) in [5.41, 5.74) is 0.506. The minimum absolute atomic E-state index is 0.193. The number of para-hydroxylation sites is 3. The lowest BCUT2D eigenvalue weighted by molar-refractivity contribution is -0.120. The van der Waals surface area contributed by atoms with Crippen LogP contribution in [0.25, 0.3) is 0 Å². The smallest absolute Gasteiger partial charge is 0.244 e. The van der Waals surface area contributed by atoms with Crippen LogP contribution in [-0.4, -0.2) is 23.5 Å². The van der Waals surface area contributed by atoms with Crippen molar-refractivity contribution >= 4 is 23.3 Å². The molecule has 0 fully saturated rings. The molecule has 0 radical (unpaired) electrons. The van der Waals surface area contributed by atoms with Gasteiger partial charge in [0.25, 0.3) is 0 Å². The topological polar surface area (TPSA) is 84.7 Å². The summed E-state index contributed by atoms with van der Waals surface area (Å²) in [6, 6.07) is 17.9. The number of nitrogens with one attached hydrogen (secondary N) is 1. The SMILES string of the molecule is CC(=O)N(CC(=O)Nc1ccccc1Oc1ccccc1)c1cc(C)on1. The van der Waals surface area contributed by atoms with E-state index >= 15 is 0 Å². The van der Waals surface area contributed by atoms with Crippen LogP contribution in [0.2, 0.25) is 0 Å². The Morgan fingerprint density at radius 2 is 1.81 bits per heavy atom. The van der Waals surface area contributed by atoms with Gasteiger partial charge in [-0.25, -0.2) is 0 Å². The summed E-state index contributed by atoms with van der Waals surface area (Å²) in [4.78, 5) is 25.6. The van der Waals surface area contributed by atoms with Crippen molar-refractivity contribution < 1.29 is 18.8 Å². The highest BCUT2D eigenvalue weighted by atomic mass is 16.5. The predicted octanol–water partition coefficient (Wildman–Crippen LogP) is 3.77. The van der Waals surface area contributed by atoms with Gasteiger partial charge in [0.2, 0.25) is 11.8 Å². The first-order valence-electron chi connectivity index (χ1n) is 8.36. The van der Waals surface area contributed by atoms with E-state index in [9.17, 15) is 9.59 Å². The van der Waals surface area contributed by atoms with Crippen molar-refractivity contribution in [3.05, 3.63) is 66.4 Å². The van der Waals surface area contributed by atoms with E-state index in [2.05, 4.69) is 10.5 Å². The molecule has 1 aromatic heterocycles. The van der Waals surface area contributed by atoms with E-state index in [1.807, 2.05) is 36.4 Å². The Balaban J connectivity index is 1.73. The van der Waals surface area contributed by atoms with Crippen LogP contribution in [0.4, 0.5) is 11.5 Å². The fraction of sp³-hybridized carbons (Fsp3) is 0.150. The molecule has 0 unspecified atom stereocenters. The van der Waals surface area contributed by atoms with E-state index in [0.717, 1.165) is 0 Å². The largest absolute Gasteiger partial charge is 0.455 e. The van der Waals surface area contributed by atoms with Crippen LogP contribution in [0.15, 0.2) is 65.2 Å². The zero-order valence-electron chi connectivity index (χ0n) is 15.0. The van der Waals surface area contributed by atoms with Crippen LogP contribution in [-0.2, 0) is 9.59 Å². The van der Waals surface area contributed by atoms with Crippen molar-refractivity contribution in [2.45, 2.75) is 13.8 Å². The van der Waals surface area contributed by atoms with Crippen LogP contribution in [0, 0.1) is 6.92 Å². The van der Waals surface area contributed by atoms with Gasteiger partial charge in [0, 0.05) is 13.0 Å². The van der Waals surface area contributed by atoms with Gasteiger partial charge in [-0.15, -0.1) is 0 Å². The first-order chi connectivity index (χ1) is 13.0. The standard InChI is InChI=1S/C20H19N3O4/c1-14-12-19(22-27-14)23(15(2)24)13-20(25)21-17-10-6-7-11-18(17)26-16-8-4-3-5-9-16/h3-12H,13H2,1-2H3,(H,21,25). The summed E-state index contributed by atoms with van der Waals surface area (Å²) in [7, 11) is 0. The molecule has 0 bridgehead atoms. The number of carbonyl (C=O) groups excluding carboxylic acids is 2. The number of benzene rings is 2. The second-order valence-corrected chi connectivity index (χ2v) is 5.86. The first-order valence-corrected chi connectivity index (χ1v) is 8.36. The molecule has 2 aromatic carbocycles. The highest BCUT2D eigenvalue weighted by Gasteiger charge is 2.20. The van der Waals surface area contributed by atoms with Gasteiger partial charge in [-0.2, -0.15) is 0 Å². The molecule has 0 saturated heterocycles. The number of aryl methyl sites for hydroxylation is 1. The molecule has 3 aromatic rings. The number of hydrogen-bond donors (Lipinski definition) is 1. The fourth-order valence-electron chi connectivity index (χ4n) is 2.44. The maximum absolute atomic E-state index is 12.5. The molecular weight excluding hydrogens is 346 g/mol. The summed E-state index contributed by atoms with van der Waals surface area (Å²) in [5, 5.41) is 6.57. The molecule has 0 aliphatic carbocycles. The van der Waals surface area contributed by atoms with E-state index in [1.165, 1.54) is 11.8 Å². The molecule has 2 amide bonds. The average molecular weight is 365 g/mol. The normalized spacial score (nSPS) is 10.3. The zero-order valence-corrected chi connectivity index (χ0v) is 15.0. The minimum atomic E-state index is -0.380. The van der Waals surface area contributed by atoms with Crippen molar-refractivity contribution in [2.24, 2.45) is 0 Å². The van der Waals surface area contributed by atoms with E-state index in [1.54, 1.807) is 31.2 Å². The van der Waals surface area contributed by atoms with Gasteiger partial charge in [-0.3, -0.25) is 14.5 Å². The van der Waals surface area contributed by atoms with Crippen LogP contribution in [0.3, 0.4) is 0 Å². The van der Waals surface area contributed by atoms with E-state index in [-0.39, 0.29) is 18.4 Å². The molecule has 0 atom stereocenters.